The molecule has 0 amide bonds. The molecule has 0 saturated heterocycles. The molecule has 6 aliphatic rings. The van der Waals surface area contributed by atoms with E-state index in [0.717, 1.165) is 27.8 Å². The lowest BCUT2D eigenvalue weighted by Gasteiger charge is -2.34. The van der Waals surface area contributed by atoms with Crippen LogP contribution in [0.25, 0.3) is 12.2 Å². The smallest absolute Gasteiger partial charge is 0.135 e. The average Bonchev–Trinajstić information content (AvgIpc) is 1.52. The second kappa shape index (κ2) is 28.3. The van der Waals surface area contributed by atoms with Crippen molar-refractivity contribution < 1.29 is 106 Å². The van der Waals surface area contributed by atoms with E-state index in [1.807, 2.05) is 0 Å². The zero-order valence-electron chi connectivity index (χ0n) is 62.6. The van der Waals surface area contributed by atoms with Crippen molar-refractivity contribution in [1.82, 2.24) is 0 Å². The molecular formula is C98H74O21. The first-order valence-corrected chi connectivity index (χ1v) is 38.4. The first-order chi connectivity index (χ1) is 57.3. The minimum Gasteiger partial charge on any atom is -0.508 e. The molecule has 12 atom stereocenters. The zero-order valence-corrected chi connectivity index (χ0v) is 62.6. The van der Waals surface area contributed by atoms with Gasteiger partial charge in [0.2, 0.25) is 0 Å². The second-order valence-corrected chi connectivity index (χ2v) is 31.2. The molecule has 0 unspecified atom stereocenters. The molecule has 21 nitrogen and oxygen atoms in total. The molecule has 119 heavy (non-hydrogen) atoms. The van der Waals surface area contributed by atoms with Crippen LogP contribution >= 0.6 is 0 Å². The molecule has 3 heterocycles. The lowest BCUT2D eigenvalue weighted by atomic mass is 9.69. The van der Waals surface area contributed by atoms with Crippen molar-refractivity contribution in [2.45, 2.75) is 71.6 Å². The van der Waals surface area contributed by atoms with Crippen LogP contribution in [-0.2, 0) is 0 Å². The molecular weight excluding hydrogens is 1510 g/mol. The molecule has 0 saturated carbocycles. The maximum absolute atomic E-state index is 12.1. The Morgan fingerprint density at radius 2 is 0.538 bits per heavy atom. The highest BCUT2D eigenvalue weighted by atomic mass is 16.5. The fraction of sp³-hybridized carbons (Fsp3) is 0.122. The van der Waals surface area contributed by atoms with E-state index in [0.29, 0.717) is 106 Å². The topological polar surface area (TPSA) is 392 Å². The number of aromatic hydroxyl groups is 18. The summed E-state index contributed by atoms with van der Waals surface area (Å²) in [4.78, 5) is 0. The monoisotopic (exact) mass is 1590 g/mol. The third kappa shape index (κ3) is 12.6. The van der Waals surface area contributed by atoms with Crippen LogP contribution in [0, 0.1) is 0 Å². The first kappa shape index (κ1) is 73.8. The number of hydrogen-bond donors (Lipinski definition) is 18. The van der Waals surface area contributed by atoms with Gasteiger partial charge in [-0.05, 0) is 211 Å². The Hall–Kier alpha value is -15.4. The maximum atomic E-state index is 12.1. The molecule has 0 radical (unpaired) electrons. The van der Waals surface area contributed by atoms with Gasteiger partial charge in [0.15, 0.2) is 0 Å². The molecule has 0 fully saturated rings. The van der Waals surface area contributed by atoms with Crippen LogP contribution in [0.3, 0.4) is 0 Å². The lowest BCUT2D eigenvalue weighted by Crippen LogP contribution is -2.20. The van der Waals surface area contributed by atoms with Gasteiger partial charge in [0.05, 0.1) is 17.8 Å². The van der Waals surface area contributed by atoms with Crippen LogP contribution in [0.2, 0.25) is 0 Å². The minimum atomic E-state index is -0.859. The molecule has 3 aliphatic carbocycles. The molecule has 14 aromatic rings. The van der Waals surface area contributed by atoms with Crippen LogP contribution in [0.1, 0.15) is 188 Å². The molecule has 20 rings (SSSR count). The van der Waals surface area contributed by atoms with Crippen LogP contribution in [0.15, 0.2) is 255 Å². The van der Waals surface area contributed by atoms with Crippen molar-refractivity contribution in [3.63, 3.8) is 0 Å². The van der Waals surface area contributed by atoms with Crippen molar-refractivity contribution in [3.05, 3.63) is 372 Å². The van der Waals surface area contributed by atoms with E-state index in [1.165, 1.54) is 72.8 Å². The fourth-order valence-electron chi connectivity index (χ4n) is 19.7. The highest BCUT2D eigenvalue weighted by Crippen LogP contribution is 2.72. The molecule has 0 bridgehead atoms. The van der Waals surface area contributed by atoms with Gasteiger partial charge < -0.3 is 106 Å². The predicted octanol–water partition coefficient (Wildman–Crippen LogP) is 18.5. The summed E-state index contributed by atoms with van der Waals surface area (Å²) in [5.41, 5.74) is 12.9. The maximum Gasteiger partial charge on any atom is 0.135 e. The summed E-state index contributed by atoms with van der Waals surface area (Å²) in [5, 5.41) is 197. The van der Waals surface area contributed by atoms with Gasteiger partial charge in [0.25, 0.3) is 0 Å². The van der Waals surface area contributed by atoms with Crippen molar-refractivity contribution >= 4 is 12.2 Å². The Labute approximate surface area is 678 Å². The normalized spacial score (nSPS) is 21.0. The molecule has 0 spiro atoms. The Morgan fingerprint density at radius 3 is 1.01 bits per heavy atom. The van der Waals surface area contributed by atoms with Crippen molar-refractivity contribution in [2.75, 3.05) is 0 Å². The number of benzene rings is 14. The van der Waals surface area contributed by atoms with Gasteiger partial charge in [0.1, 0.15) is 139 Å². The van der Waals surface area contributed by atoms with Gasteiger partial charge in [-0.15, -0.1) is 0 Å². The van der Waals surface area contributed by atoms with E-state index in [1.54, 1.807) is 194 Å². The van der Waals surface area contributed by atoms with E-state index in [4.69, 9.17) is 14.2 Å². The fourth-order valence-corrected chi connectivity index (χ4v) is 19.7. The van der Waals surface area contributed by atoms with E-state index < -0.39 is 71.6 Å². The SMILES string of the molecule is Oc1ccc([C@H]2c3c(O)cc(O)cc3[C@H]3c4c(cc(O)c5c4[C@H]2[C@@H](c2cc(O)cc(O)c2)[C@@H]5c2ccc(O)cc2)O[C@@H]3c2ccc(O)cc2)cc1.Oc1ccc([C@H]2c3c(O)cc(O)cc3[C@H]3c4c(cc(O)cc4[C@@H]2c2cc(/C=C/c4cc(O)cc5c4[C@H](c4cc(O)cc(O)c4)[C@@H](c4ccc(O)cc4)O5)ccc2O)O[C@@H]3c2ccc(O)cc2)cc1. The van der Waals surface area contributed by atoms with Gasteiger partial charge in [-0.1, -0.05) is 91.0 Å². The van der Waals surface area contributed by atoms with E-state index in [-0.39, 0.29) is 103 Å². The van der Waals surface area contributed by atoms with E-state index in [9.17, 15) is 91.9 Å². The van der Waals surface area contributed by atoms with Crippen LogP contribution in [0.4, 0.5) is 0 Å². The van der Waals surface area contributed by atoms with Gasteiger partial charge in [-0.2, -0.15) is 0 Å². The standard InChI is InChI=1S/C56H42O12.C42H32O9/c57-33-10-4-28(5-11-33)49-51(42-23-40(64)26-47-53(42)54(43-22-39(63)24-45(66)52(43)49)56(68-47)30-8-14-35(59)15-9-30)41-17-27(2-16-44(41)65)1-3-31-18-38(62)25-46-48(31)50(32-19-36(60)21-37(61)20-32)55(67-46)29-6-12-34(58)13-7-29;43-23-7-1-19(2-8-23)33-35(22-13-26(46)15-27(47)14-22)40-34(20-3-9-24(44)10-4-20)36-29(16-28(48)17-30(36)49)37-39-32(18-31(50)38(33)41(39)40)51-42(37)21-5-11-25(45)12-6-21/h1-26,49-51,54-66H;1-18,33-35,37,40,42-50H/b3-1+;/t49-,50+,51+,54+,55-,56-;33-,34-,35-,37-,40+,42+/m10/s1. The first-order valence-electron chi connectivity index (χ1n) is 38.4. The summed E-state index contributed by atoms with van der Waals surface area (Å²) in [6.07, 6.45) is 1.46. The third-order valence-corrected chi connectivity index (χ3v) is 24.2. The number of fused-ring (bicyclic) bond motifs is 5. The van der Waals surface area contributed by atoms with Crippen LogP contribution in [-0.4, -0.2) is 91.9 Å². The number of phenolic OH excluding ortho intramolecular Hbond substituents is 18. The highest BCUT2D eigenvalue weighted by molar-refractivity contribution is 5.78. The average molecular weight is 1590 g/mol. The van der Waals surface area contributed by atoms with E-state index in [2.05, 4.69) is 0 Å². The lowest BCUT2D eigenvalue weighted by molar-refractivity contribution is 0.221. The van der Waals surface area contributed by atoms with Gasteiger partial charge >= 0.3 is 0 Å². The Morgan fingerprint density at radius 1 is 0.185 bits per heavy atom. The van der Waals surface area contributed by atoms with Crippen molar-refractivity contribution in [2.24, 2.45) is 0 Å². The molecule has 18 N–H and O–H groups in total. The molecule has 14 aromatic carbocycles. The Bertz CT molecular complexity index is 6410. The Kier molecular flexibility index (Phi) is 17.5. The molecule has 0 aromatic heterocycles. The van der Waals surface area contributed by atoms with E-state index >= 15 is 0 Å². The molecule has 3 aliphatic heterocycles. The van der Waals surface area contributed by atoms with Gasteiger partial charge in [-0.3, -0.25) is 0 Å². The predicted molar refractivity (Wildman–Crippen MR) is 438 cm³/mol. The van der Waals surface area contributed by atoms with Gasteiger partial charge in [-0.25, -0.2) is 0 Å². The molecule has 21 heteroatoms. The number of rotatable bonds is 11. The number of ether oxygens (including phenoxy) is 3. The number of phenols is 18. The zero-order chi connectivity index (χ0) is 82.4. The summed E-state index contributed by atoms with van der Waals surface area (Å²) in [5.74, 6) is -6.25. The quantitative estimate of drug-likeness (QED) is 0.0535. The summed E-state index contributed by atoms with van der Waals surface area (Å²) in [6.45, 7) is 0. The highest BCUT2D eigenvalue weighted by Gasteiger charge is 2.57. The van der Waals surface area contributed by atoms with Crippen LogP contribution < -0.4 is 14.2 Å². The number of hydrogen-bond acceptors (Lipinski definition) is 21. The minimum absolute atomic E-state index is 0.00509. The summed E-state index contributed by atoms with van der Waals surface area (Å²) in [6, 6.07) is 67.0. The van der Waals surface area contributed by atoms with Crippen molar-refractivity contribution in [1.29, 1.82) is 0 Å². The van der Waals surface area contributed by atoms with Crippen molar-refractivity contribution in [3.8, 4) is 121 Å². The molecule has 592 valence electrons. The summed E-state index contributed by atoms with van der Waals surface area (Å²) >= 11 is 0. The third-order valence-electron chi connectivity index (χ3n) is 24.2. The van der Waals surface area contributed by atoms with Crippen LogP contribution in [0.5, 0.6) is 121 Å². The largest absolute Gasteiger partial charge is 0.508 e. The second-order valence-electron chi connectivity index (χ2n) is 31.2. The summed E-state index contributed by atoms with van der Waals surface area (Å²) in [7, 11) is 0. The Balaban J connectivity index is 0.000000164. The van der Waals surface area contributed by atoms with Gasteiger partial charge in [0, 0.05) is 117 Å². The summed E-state index contributed by atoms with van der Waals surface area (Å²) < 4.78 is 19.9.